The van der Waals surface area contributed by atoms with Gasteiger partial charge in [-0.05, 0) is 6.42 Å². The summed E-state index contributed by atoms with van der Waals surface area (Å²) in [6, 6.07) is -0.882. The molecule has 0 aromatic carbocycles. The van der Waals surface area contributed by atoms with Gasteiger partial charge in [0.05, 0.1) is 0 Å². The zero-order valence-corrected chi connectivity index (χ0v) is 11.6. The fraction of sp³-hybridized carbons (Fsp3) is 0.545. The fourth-order valence-electron chi connectivity index (χ4n) is 2.96. The Hall–Kier alpha value is -1.57. The first-order valence-corrected chi connectivity index (χ1v) is 6.90. The highest BCUT2D eigenvalue weighted by molar-refractivity contribution is 9.11. The minimum Gasteiger partial charge on any atom is -0.378 e. The zero-order valence-electron chi connectivity index (χ0n) is 10.0. The standard InChI is InChI=1S/C11H14BrN5O2/c12-5-3-15-8-6(5)4(1-2-14-9(8)18)7-10(19)17-11(13)16-7/h3-4,6-8,15H,1-2H2,(H,14,18)(H3,13,16,17,19). The molecule has 0 spiro atoms. The minimum atomic E-state index is -0.527. The van der Waals surface area contributed by atoms with E-state index in [2.05, 4.69) is 36.9 Å². The van der Waals surface area contributed by atoms with Gasteiger partial charge in [0, 0.05) is 29.1 Å². The third-order valence-electron chi connectivity index (χ3n) is 3.80. The first-order chi connectivity index (χ1) is 9.08. The van der Waals surface area contributed by atoms with Crippen LogP contribution in [0.25, 0.3) is 0 Å². The summed E-state index contributed by atoms with van der Waals surface area (Å²) in [5.74, 6) is -0.240. The number of carbonyl (C=O) groups is 2. The quantitative estimate of drug-likeness (QED) is 0.483. The van der Waals surface area contributed by atoms with Crippen LogP contribution in [0, 0.1) is 11.8 Å². The molecule has 0 bridgehead atoms. The van der Waals surface area contributed by atoms with E-state index in [1.54, 1.807) is 6.20 Å². The number of carbonyl (C=O) groups excluding carboxylic acids is 2. The highest BCUT2D eigenvalue weighted by atomic mass is 79.9. The molecule has 0 aromatic heterocycles. The molecule has 4 atom stereocenters. The molecule has 0 radical (unpaired) electrons. The lowest BCUT2D eigenvalue weighted by Gasteiger charge is -2.27. The minimum absolute atomic E-state index is 0.0476. The van der Waals surface area contributed by atoms with Gasteiger partial charge in [-0.1, -0.05) is 15.9 Å². The lowest BCUT2D eigenvalue weighted by atomic mass is 9.81. The number of amides is 2. The number of nitrogens with one attached hydrogen (secondary N) is 3. The summed E-state index contributed by atoms with van der Waals surface area (Å²) in [4.78, 5) is 28.0. The van der Waals surface area contributed by atoms with Crippen molar-refractivity contribution in [1.82, 2.24) is 16.0 Å². The average molecular weight is 328 g/mol. The first kappa shape index (κ1) is 12.5. The number of nitrogens with two attached hydrogens (primary N) is 1. The molecule has 0 aromatic rings. The van der Waals surface area contributed by atoms with E-state index in [9.17, 15) is 9.59 Å². The van der Waals surface area contributed by atoms with E-state index in [4.69, 9.17) is 5.73 Å². The maximum Gasteiger partial charge on any atom is 0.251 e. The summed E-state index contributed by atoms with van der Waals surface area (Å²) in [5.41, 5.74) is 5.55. The molecule has 2 amide bonds. The van der Waals surface area contributed by atoms with E-state index in [1.165, 1.54) is 0 Å². The molecule has 1 saturated heterocycles. The molecular weight excluding hydrogens is 314 g/mol. The summed E-state index contributed by atoms with van der Waals surface area (Å²) < 4.78 is 0.896. The fourth-order valence-corrected chi connectivity index (χ4v) is 3.69. The van der Waals surface area contributed by atoms with Crippen molar-refractivity contribution >= 4 is 33.7 Å². The smallest absolute Gasteiger partial charge is 0.251 e. The van der Waals surface area contributed by atoms with Crippen LogP contribution >= 0.6 is 15.9 Å². The molecule has 8 heteroatoms. The molecule has 3 heterocycles. The Labute approximate surface area is 118 Å². The predicted octanol–water partition coefficient (Wildman–Crippen LogP) is -1.24. The van der Waals surface area contributed by atoms with Crippen LogP contribution in [0.5, 0.6) is 0 Å². The van der Waals surface area contributed by atoms with Gasteiger partial charge in [0.2, 0.25) is 5.91 Å². The van der Waals surface area contributed by atoms with Crippen LogP contribution in [0.2, 0.25) is 0 Å². The topological polar surface area (TPSA) is 109 Å². The number of hydrogen-bond acceptors (Lipinski definition) is 5. The largest absolute Gasteiger partial charge is 0.378 e. The maximum absolute atomic E-state index is 12.0. The predicted molar refractivity (Wildman–Crippen MR) is 72.1 cm³/mol. The van der Waals surface area contributed by atoms with Crippen LogP contribution in [0.4, 0.5) is 0 Å². The van der Waals surface area contributed by atoms with Gasteiger partial charge in [0.1, 0.15) is 12.1 Å². The van der Waals surface area contributed by atoms with Crippen molar-refractivity contribution in [3.8, 4) is 0 Å². The average Bonchev–Trinajstić information content (AvgIpc) is 2.83. The molecule has 0 saturated carbocycles. The molecule has 3 aliphatic rings. The summed E-state index contributed by atoms with van der Waals surface area (Å²) >= 11 is 3.47. The number of nitrogens with zero attached hydrogens (tertiary/aromatic N) is 1. The molecule has 4 unspecified atom stereocenters. The van der Waals surface area contributed by atoms with E-state index in [0.29, 0.717) is 13.0 Å². The summed E-state index contributed by atoms with van der Waals surface area (Å²) in [6.07, 6.45) is 2.46. The third-order valence-corrected chi connectivity index (χ3v) is 4.56. The highest BCUT2D eigenvalue weighted by Crippen LogP contribution is 2.38. The molecular formula is C11H14BrN5O2. The van der Waals surface area contributed by atoms with Crippen LogP contribution in [-0.2, 0) is 9.59 Å². The van der Waals surface area contributed by atoms with Crippen molar-refractivity contribution in [2.75, 3.05) is 6.54 Å². The monoisotopic (exact) mass is 327 g/mol. The lowest BCUT2D eigenvalue weighted by molar-refractivity contribution is -0.124. The number of guanidine groups is 1. The Morgan fingerprint density at radius 2 is 2.16 bits per heavy atom. The number of hydrogen-bond donors (Lipinski definition) is 4. The number of halogens is 1. The molecule has 3 rings (SSSR count). The number of fused-ring (bicyclic) bond motifs is 1. The summed E-state index contributed by atoms with van der Waals surface area (Å²) in [6.45, 7) is 0.539. The van der Waals surface area contributed by atoms with Crippen molar-refractivity contribution in [1.29, 1.82) is 0 Å². The Bertz CT molecular complexity index is 503. The van der Waals surface area contributed by atoms with Crippen molar-refractivity contribution in [2.24, 2.45) is 22.6 Å². The van der Waals surface area contributed by atoms with Gasteiger partial charge in [0.25, 0.3) is 5.91 Å². The van der Waals surface area contributed by atoms with Crippen molar-refractivity contribution in [2.45, 2.75) is 18.5 Å². The van der Waals surface area contributed by atoms with Crippen LogP contribution in [0.1, 0.15) is 6.42 Å². The van der Waals surface area contributed by atoms with Crippen LogP contribution in [0.3, 0.4) is 0 Å². The van der Waals surface area contributed by atoms with Gasteiger partial charge in [-0.2, -0.15) is 0 Å². The third kappa shape index (κ3) is 1.99. The molecule has 102 valence electrons. The van der Waals surface area contributed by atoms with Crippen LogP contribution in [-0.4, -0.2) is 36.4 Å². The van der Waals surface area contributed by atoms with Crippen LogP contribution < -0.4 is 21.7 Å². The lowest BCUT2D eigenvalue weighted by Crippen LogP contribution is -2.45. The molecule has 19 heavy (non-hydrogen) atoms. The van der Waals surface area contributed by atoms with E-state index in [1.807, 2.05) is 0 Å². The summed E-state index contributed by atoms with van der Waals surface area (Å²) in [7, 11) is 0. The Morgan fingerprint density at radius 1 is 1.37 bits per heavy atom. The normalized spacial score (nSPS) is 37.5. The number of rotatable bonds is 1. The first-order valence-electron chi connectivity index (χ1n) is 6.11. The van der Waals surface area contributed by atoms with Crippen LogP contribution in [0.15, 0.2) is 15.7 Å². The van der Waals surface area contributed by atoms with E-state index in [-0.39, 0.29) is 35.7 Å². The second-order valence-corrected chi connectivity index (χ2v) is 5.81. The van der Waals surface area contributed by atoms with Crippen molar-refractivity contribution < 1.29 is 9.59 Å². The van der Waals surface area contributed by atoms with E-state index >= 15 is 0 Å². The summed E-state index contributed by atoms with van der Waals surface area (Å²) in [5, 5.41) is 8.41. The van der Waals surface area contributed by atoms with E-state index in [0.717, 1.165) is 4.48 Å². The zero-order chi connectivity index (χ0) is 13.6. The number of aliphatic imine (C=N–C) groups is 1. The van der Waals surface area contributed by atoms with Gasteiger partial charge >= 0.3 is 0 Å². The van der Waals surface area contributed by atoms with Gasteiger partial charge in [-0.15, -0.1) is 0 Å². The second-order valence-electron chi connectivity index (χ2n) is 4.89. The molecule has 7 nitrogen and oxygen atoms in total. The molecule has 1 fully saturated rings. The van der Waals surface area contributed by atoms with Gasteiger partial charge in [0.15, 0.2) is 5.96 Å². The Morgan fingerprint density at radius 3 is 2.84 bits per heavy atom. The highest BCUT2D eigenvalue weighted by Gasteiger charge is 2.47. The van der Waals surface area contributed by atoms with Gasteiger partial charge in [-0.3, -0.25) is 14.9 Å². The van der Waals surface area contributed by atoms with Gasteiger partial charge < -0.3 is 16.4 Å². The SMILES string of the molecule is NC1=NC(C2CCNC(=O)C3NC=C(Br)C32)C(=O)N1. The Kier molecular flexibility index (Phi) is 2.96. The van der Waals surface area contributed by atoms with E-state index < -0.39 is 6.04 Å². The molecule has 3 aliphatic heterocycles. The van der Waals surface area contributed by atoms with Crippen molar-refractivity contribution in [3.05, 3.63) is 10.7 Å². The Balaban J connectivity index is 1.93. The molecule has 0 aliphatic carbocycles. The van der Waals surface area contributed by atoms with Gasteiger partial charge in [-0.25, -0.2) is 4.99 Å². The molecule has 5 N–H and O–H groups in total. The maximum atomic E-state index is 12.0. The second kappa shape index (κ2) is 4.52. The van der Waals surface area contributed by atoms with Crippen molar-refractivity contribution in [3.63, 3.8) is 0 Å².